The number of urea groups is 1. The molecular weight excluding hydrogens is 492 g/mol. The lowest BCUT2D eigenvalue weighted by Gasteiger charge is -2.12. The Kier molecular flexibility index (Phi) is 6.60. The van der Waals surface area contributed by atoms with Crippen LogP contribution in [0.3, 0.4) is 0 Å². The summed E-state index contributed by atoms with van der Waals surface area (Å²) in [5, 5.41) is 10.2. The first-order chi connectivity index (χ1) is 18.0. The van der Waals surface area contributed by atoms with Gasteiger partial charge in [0.05, 0.1) is 42.8 Å². The second kappa shape index (κ2) is 10.2. The van der Waals surface area contributed by atoms with Crippen LogP contribution in [-0.2, 0) is 0 Å². The van der Waals surface area contributed by atoms with Crippen molar-refractivity contribution in [2.24, 2.45) is 0 Å². The number of nitrogens with zero attached hydrogens (tertiary/aromatic N) is 3. The lowest BCUT2D eigenvalue weighted by Crippen LogP contribution is -2.19. The maximum absolute atomic E-state index is 12.6. The Labute approximate surface area is 216 Å². The summed E-state index contributed by atoms with van der Waals surface area (Å²) in [4.78, 5) is 25.9. The lowest BCUT2D eigenvalue weighted by atomic mass is 10.2. The third-order valence-corrected chi connectivity index (χ3v) is 6.55. The number of aromatic nitrogens is 3. The Hall–Kier alpha value is -4.64. The molecule has 0 atom stereocenters. The molecule has 0 bridgehead atoms. The number of methoxy groups -OCH3 is 3. The molecule has 0 fully saturated rings. The third-order valence-electron chi connectivity index (χ3n) is 5.62. The minimum absolute atomic E-state index is 0.405. The molecule has 2 amide bonds. The predicted molar refractivity (Wildman–Crippen MR) is 146 cm³/mol. The summed E-state index contributed by atoms with van der Waals surface area (Å²) in [7, 11) is 4.73. The van der Waals surface area contributed by atoms with Crippen LogP contribution in [0.4, 0.5) is 27.1 Å². The van der Waals surface area contributed by atoms with Gasteiger partial charge in [-0.1, -0.05) is 17.4 Å². The highest BCUT2D eigenvalue weighted by Gasteiger charge is 2.13. The molecule has 5 rings (SSSR count). The van der Waals surface area contributed by atoms with Crippen molar-refractivity contribution < 1.29 is 19.0 Å². The van der Waals surface area contributed by atoms with Gasteiger partial charge in [0.15, 0.2) is 16.6 Å². The van der Waals surface area contributed by atoms with Crippen molar-refractivity contribution >= 4 is 60.8 Å². The molecule has 2 heterocycles. The minimum atomic E-state index is -0.405. The lowest BCUT2D eigenvalue weighted by molar-refractivity contribution is 0.262. The summed E-state index contributed by atoms with van der Waals surface area (Å²) in [5.74, 6) is 2.38. The van der Waals surface area contributed by atoms with E-state index in [0.29, 0.717) is 33.9 Å². The molecule has 0 saturated heterocycles. The zero-order valence-electron chi connectivity index (χ0n) is 20.6. The number of hydrogen-bond donors (Lipinski definition) is 3. The van der Waals surface area contributed by atoms with Crippen LogP contribution in [0.5, 0.6) is 17.2 Å². The van der Waals surface area contributed by atoms with E-state index in [-0.39, 0.29) is 0 Å². The number of hydrogen-bond acceptors (Lipinski definition) is 9. The largest absolute Gasteiger partial charge is 0.495 e. The number of carbonyl (C=O) groups is 1. The standard InChI is InChI=1S/C26H24N6O4S/c1-14-5-8-20(34-2)19(9-14)30-25(33)32-26-31-17-7-6-15(10-23(17)37-26)29-24-16-11-21(35-3)22(36-4)12-18(16)27-13-28-24/h5-13H,1-4H3,(H,27,28,29)(H2,30,31,32,33). The Balaban J connectivity index is 1.36. The molecule has 37 heavy (non-hydrogen) atoms. The summed E-state index contributed by atoms with van der Waals surface area (Å²) < 4.78 is 17.0. The molecule has 3 aromatic carbocycles. The number of aryl methyl sites for hydroxylation is 1. The van der Waals surface area contributed by atoms with E-state index in [0.717, 1.165) is 32.4 Å². The number of nitrogens with one attached hydrogen (secondary N) is 3. The van der Waals surface area contributed by atoms with Crippen molar-refractivity contribution in [1.29, 1.82) is 0 Å². The Morgan fingerprint density at radius 1 is 0.838 bits per heavy atom. The van der Waals surface area contributed by atoms with Gasteiger partial charge < -0.3 is 24.8 Å². The van der Waals surface area contributed by atoms with Crippen LogP contribution in [0, 0.1) is 6.92 Å². The van der Waals surface area contributed by atoms with Gasteiger partial charge in [-0.05, 0) is 48.9 Å². The normalized spacial score (nSPS) is 10.8. The maximum Gasteiger partial charge on any atom is 0.325 e. The molecular formula is C26H24N6O4S. The number of rotatable bonds is 7. The number of amides is 2. The van der Waals surface area contributed by atoms with E-state index in [4.69, 9.17) is 14.2 Å². The molecule has 0 aliphatic carbocycles. The van der Waals surface area contributed by atoms with Crippen molar-refractivity contribution in [2.45, 2.75) is 6.92 Å². The highest BCUT2D eigenvalue weighted by Crippen LogP contribution is 2.35. The number of carbonyl (C=O) groups excluding carboxylic acids is 1. The molecule has 0 saturated carbocycles. The fourth-order valence-corrected chi connectivity index (χ4v) is 4.75. The van der Waals surface area contributed by atoms with E-state index in [9.17, 15) is 4.79 Å². The van der Waals surface area contributed by atoms with E-state index in [2.05, 4.69) is 30.9 Å². The van der Waals surface area contributed by atoms with Crippen molar-refractivity contribution in [1.82, 2.24) is 15.0 Å². The van der Waals surface area contributed by atoms with E-state index in [1.165, 1.54) is 17.7 Å². The van der Waals surface area contributed by atoms with Gasteiger partial charge in [0.25, 0.3) is 0 Å². The Morgan fingerprint density at radius 2 is 1.62 bits per heavy atom. The molecule has 0 spiro atoms. The van der Waals surface area contributed by atoms with Gasteiger partial charge in [-0.3, -0.25) is 5.32 Å². The number of benzene rings is 3. The second-order valence-electron chi connectivity index (χ2n) is 8.06. The van der Waals surface area contributed by atoms with Crippen molar-refractivity contribution in [2.75, 3.05) is 37.3 Å². The number of fused-ring (bicyclic) bond motifs is 2. The van der Waals surface area contributed by atoms with E-state index in [1.807, 2.05) is 55.5 Å². The smallest absolute Gasteiger partial charge is 0.325 e. The first kappa shape index (κ1) is 24.1. The van der Waals surface area contributed by atoms with Gasteiger partial charge in [0, 0.05) is 17.1 Å². The summed E-state index contributed by atoms with van der Waals surface area (Å²) in [6.45, 7) is 1.94. The maximum atomic E-state index is 12.6. The SMILES string of the molecule is COc1ccc(C)cc1NC(=O)Nc1nc2ccc(Nc3ncnc4cc(OC)c(OC)cc34)cc2s1. The Morgan fingerprint density at radius 3 is 2.41 bits per heavy atom. The molecule has 0 aliphatic heterocycles. The van der Waals surface area contributed by atoms with Gasteiger partial charge in [-0.25, -0.2) is 19.7 Å². The summed E-state index contributed by atoms with van der Waals surface area (Å²) in [5.41, 5.74) is 3.88. The van der Waals surface area contributed by atoms with Gasteiger partial charge in [-0.15, -0.1) is 0 Å². The fourth-order valence-electron chi connectivity index (χ4n) is 3.85. The van der Waals surface area contributed by atoms with Gasteiger partial charge in [0.1, 0.15) is 17.9 Å². The van der Waals surface area contributed by atoms with Crippen LogP contribution in [0.2, 0.25) is 0 Å². The summed E-state index contributed by atoms with van der Waals surface area (Å²) in [6, 6.07) is 14.5. The average Bonchev–Trinajstić information content (AvgIpc) is 3.29. The van der Waals surface area contributed by atoms with Gasteiger partial charge >= 0.3 is 6.03 Å². The van der Waals surface area contributed by atoms with Crippen LogP contribution in [0.25, 0.3) is 21.1 Å². The van der Waals surface area contributed by atoms with Crippen LogP contribution in [-0.4, -0.2) is 42.3 Å². The zero-order valence-corrected chi connectivity index (χ0v) is 21.4. The monoisotopic (exact) mass is 516 g/mol. The van der Waals surface area contributed by atoms with Crippen LogP contribution < -0.4 is 30.2 Å². The first-order valence-corrected chi connectivity index (χ1v) is 12.1. The van der Waals surface area contributed by atoms with Gasteiger partial charge in [0.2, 0.25) is 0 Å². The topological polar surface area (TPSA) is 120 Å². The fraction of sp³-hybridized carbons (Fsp3) is 0.154. The third kappa shape index (κ3) is 5.02. The van der Waals surface area contributed by atoms with E-state index < -0.39 is 6.03 Å². The molecule has 5 aromatic rings. The first-order valence-electron chi connectivity index (χ1n) is 11.2. The van der Waals surface area contributed by atoms with Gasteiger partial charge in [-0.2, -0.15) is 0 Å². The number of thiazole rings is 1. The van der Waals surface area contributed by atoms with Crippen LogP contribution >= 0.6 is 11.3 Å². The molecule has 0 aliphatic rings. The van der Waals surface area contributed by atoms with E-state index >= 15 is 0 Å². The summed E-state index contributed by atoms with van der Waals surface area (Å²) >= 11 is 1.37. The molecule has 2 aromatic heterocycles. The molecule has 11 heteroatoms. The molecule has 188 valence electrons. The quantitative estimate of drug-likeness (QED) is 0.242. The average molecular weight is 517 g/mol. The van der Waals surface area contributed by atoms with Crippen LogP contribution in [0.1, 0.15) is 5.56 Å². The Bertz CT molecular complexity index is 1620. The second-order valence-corrected chi connectivity index (χ2v) is 9.09. The molecule has 0 radical (unpaired) electrons. The molecule has 3 N–H and O–H groups in total. The highest BCUT2D eigenvalue weighted by molar-refractivity contribution is 7.22. The van der Waals surface area contributed by atoms with Crippen molar-refractivity contribution in [3.63, 3.8) is 0 Å². The van der Waals surface area contributed by atoms with Crippen molar-refractivity contribution in [3.05, 3.63) is 60.4 Å². The zero-order chi connectivity index (χ0) is 25.9. The van der Waals surface area contributed by atoms with Crippen LogP contribution in [0.15, 0.2) is 54.9 Å². The van der Waals surface area contributed by atoms with E-state index in [1.54, 1.807) is 21.3 Å². The summed E-state index contributed by atoms with van der Waals surface area (Å²) in [6.07, 6.45) is 1.49. The number of anilines is 4. The minimum Gasteiger partial charge on any atom is -0.495 e. The number of ether oxygens (including phenoxy) is 3. The van der Waals surface area contributed by atoms with Crippen molar-refractivity contribution in [3.8, 4) is 17.2 Å². The predicted octanol–water partition coefficient (Wildman–Crippen LogP) is 5.96. The molecule has 0 unspecified atom stereocenters. The highest BCUT2D eigenvalue weighted by atomic mass is 32.1. The molecule has 10 nitrogen and oxygen atoms in total.